The fourth-order valence-electron chi connectivity index (χ4n) is 3.96. The molecule has 17 heteroatoms. The van der Waals surface area contributed by atoms with Gasteiger partial charge in [-0.05, 0) is 68.3 Å². The van der Waals surface area contributed by atoms with Gasteiger partial charge in [0.1, 0.15) is 20.4 Å². The fraction of sp³-hybridized carbons (Fsp3) is 0.0769. The molecule has 0 radical (unpaired) electrons. The molecule has 7 nitrogen and oxygen atoms in total. The quantitative estimate of drug-likeness (QED) is 0.110. The Bertz CT molecular complexity index is 1670. The Kier molecular flexibility index (Phi) is 9.03. The molecule has 0 atom stereocenters. The summed E-state index contributed by atoms with van der Waals surface area (Å²) in [5, 5.41) is 22.4. The third-order valence-electron chi connectivity index (χ3n) is 5.91. The minimum Gasteiger partial charge on any atom is -0.456 e. The molecular formula is C26H10Br2Cl2F6N2O5. The van der Waals surface area contributed by atoms with E-state index in [1.54, 1.807) is 0 Å². The summed E-state index contributed by atoms with van der Waals surface area (Å²) in [6, 6.07) is 8.84. The van der Waals surface area contributed by atoms with Crippen LogP contribution in [0.3, 0.4) is 0 Å². The van der Waals surface area contributed by atoms with Crippen molar-refractivity contribution in [1.82, 2.24) is 0 Å². The normalized spacial score (nSPS) is 11.9. The Balaban J connectivity index is 1.98. The first-order valence-corrected chi connectivity index (χ1v) is 13.6. The minimum atomic E-state index is -4.75. The van der Waals surface area contributed by atoms with Crippen molar-refractivity contribution in [3.05, 3.63) is 111 Å². The van der Waals surface area contributed by atoms with Crippen LogP contribution in [0.1, 0.15) is 11.1 Å². The van der Waals surface area contributed by atoms with E-state index in [9.17, 15) is 46.6 Å². The van der Waals surface area contributed by atoms with Crippen molar-refractivity contribution < 1.29 is 40.9 Å². The Labute approximate surface area is 263 Å². The second-order valence-electron chi connectivity index (χ2n) is 8.54. The summed E-state index contributed by atoms with van der Waals surface area (Å²) in [4.78, 5) is 21.8. The van der Waals surface area contributed by atoms with Crippen LogP contribution in [0, 0.1) is 20.2 Å². The van der Waals surface area contributed by atoms with Crippen molar-refractivity contribution >= 4 is 66.4 Å². The van der Waals surface area contributed by atoms with Crippen LogP contribution >= 0.6 is 55.1 Å². The van der Waals surface area contributed by atoms with Gasteiger partial charge < -0.3 is 4.74 Å². The molecule has 0 aliphatic carbocycles. The van der Waals surface area contributed by atoms with Gasteiger partial charge in [-0.1, -0.05) is 35.3 Å². The van der Waals surface area contributed by atoms with E-state index in [0.29, 0.717) is 24.3 Å². The first-order valence-electron chi connectivity index (χ1n) is 11.3. The van der Waals surface area contributed by atoms with Gasteiger partial charge in [0.15, 0.2) is 0 Å². The molecule has 0 N–H and O–H groups in total. The smallest absolute Gasteiger partial charge is 0.416 e. The molecule has 0 aliphatic heterocycles. The summed E-state index contributed by atoms with van der Waals surface area (Å²) in [5.74, 6) is -0.437. The van der Waals surface area contributed by atoms with Crippen LogP contribution in [0.15, 0.2) is 69.6 Å². The van der Waals surface area contributed by atoms with Crippen LogP contribution in [0.4, 0.5) is 37.7 Å². The van der Waals surface area contributed by atoms with E-state index in [2.05, 4.69) is 31.9 Å². The molecule has 0 saturated carbocycles. The molecule has 0 fully saturated rings. The van der Waals surface area contributed by atoms with Crippen LogP contribution in [0.5, 0.6) is 11.5 Å². The monoisotopic (exact) mass is 772 g/mol. The van der Waals surface area contributed by atoms with E-state index in [0.717, 1.165) is 36.4 Å². The second-order valence-corrected chi connectivity index (χ2v) is 10.9. The highest BCUT2D eigenvalue weighted by Gasteiger charge is 2.34. The second kappa shape index (κ2) is 11.9. The third-order valence-corrected chi connectivity index (χ3v) is 8.14. The van der Waals surface area contributed by atoms with E-state index in [4.69, 9.17) is 27.9 Å². The van der Waals surface area contributed by atoms with Crippen molar-refractivity contribution in [3.63, 3.8) is 0 Å². The van der Waals surface area contributed by atoms with Crippen LogP contribution in [0.2, 0.25) is 10.0 Å². The number of alkyl halides is 6. The van der Waals surface area contributed by atoms with Gasteiger partial charge in [0.05, 0.1) is 21.0 Å². The van der Waals surface area contributed by atoms with Crippen molar-refractivity contribution in [1.29, 1.82) is 0 Å². The number of nitrogens with zero attached hydrogens (tertiary/aromatic N) is 2. The number of nitro benzene ring substituents is 2. The van der Waals surface area contributed by atoms with E-state index in [-0.39, 0.29) is 42.7 Å². The molecule has 0 spiro atoms. The van der Waals surface area contributed by atoms with Crippen molar-refractivity contribution in [3.8, 4) is 33.8 Å². The topological polar surface area (TPSA) is 95.5 Å². The van der Waals surface area contributed by atoms with Gasteiger partial charge in [0.25, 0.3) is 11.4 Å². The molecule has 0 saturated heterocycles. The molecule has 0 bridgehead atoms. The lowest BCUT2D eigenvalue weighted by molar-refractivity contribution is -0.385. The molecule has 4 rings (SSSR count). The molecule has 4 aromatic carbocycles. The predicted octanol–water partition coefficient (Wildman–Crippen LogP) is 11.5. The van der Waals surface area contributed by atoms with Gasteiger partial charge in [0, 0.05) is 44.4 Å². The first-order chi connectivity index (χ1) is 19.9. The van der Waals surface area contributed by atoms with E-state index in [1.165, 1.54) is 0 Å². The highest BCUT2D eigenvalue weighted by atomic mass is 79.9. The molecule has 4 aromatic rings. The maximum absolute atomic E-state index is 13.3. The standard InChI is InChI=1S/C26H10Br2Cl2F6N2O5/c27-23-17(37(39)40)5-7-19(21(23)13-3-1-11(9-15(13)29)25(31,32)33)43-20-8-6-18(38(41)42)24(28)22(20)14-4-2-12(10-16(14)30)26(34,35)36/h1-10H. The average molecular weight is 775 g/mol. The molecule has 0 aromatic heterocycles. The lowest BCUT2D eigenvalue weighted by Gasteiger charge is -2.19. The zero-order valence-electron chi connectivity index (χ0n) is 20.5. The third kappa shape index (κ3) is 6.59. The fourth-order valence-corrected chi connectivity index (χ4v) is 5.88. The Morgan fingerprint density at radius 3 is 1.26 bits per heavy atom. The lowest BCUT2D eigenvalue weighted by Crippen LogP contribution is -2.05. The van der Waals surface area contributed by atoms with Crippen LogP contribution in [0.25, 0.3) is 22.3 Å². The van der Waals surface area contributed by atoms with E-state index < -0.39 is 54.7 Å². The van der Waals surface area contributed by atoms with Crippen molar-refractivity contribution in [2.24, 2.45) is 0 Å². The summed E-state index contributed by atoms with van der Waals surface area (Å²) >= 11 is 18.6. The molecule has 0 aliphatic rings. The van der Waals surface area contributed by atoms with Gasteiger partial charge in [-0.15, -0.1) is 0 Å². The number of hydrogen-bond acceptors (Lipinski definition) is 5. The average Bonchev–Trinajstić information content (AvgIpc) is 2.88. The zero-order chi connectivity index (χ0) is 32.0. The van der Waals surface area contributed by atoms with E-state index in [1.807, 2.05) is 0 Å². The predicted molar refractivity (Wildman–Crippen MR) is 153 cm³/mol. The SMILES string of the molecule is O=[N+]([O-])c1ccc(Oc2ccc([N+](=O)[O-])c(Br)c2-c2ccc(C(F)(F)F)cc2Cl)c(-c2ccc(C(F)(F)F)cc2Cl)c1Br. The van der Waals surface area contributed by atoms with Gasteiger partial charge in [-0.2, -0.15) is 26.3 Å². The van der Waals surface area contributed by atoms with Crippen LogP contribution in [-0.2, 0) is 12.4 Å². The Hall–Kier alpha value is -3.40. The molecule has 0 amide bonds. The van der Waals surface area contributed by atoms with Gasteiger partial charge in [0.2, 0.25) is 0 Å². The summed E-state index contributed by atoms with van der Waals surface area (Å²) in [5.41, 5.74) is -3.75. The maximum atomic E-state index is 13.3. The number of ether oxygens (including phenoxy) is 1. The van der Waals surface area contributed by atoms with Crippen molar-refractivity contribution in [2.75, 3.05) is 0 Å². The van der Waals surface area contributed by atoms with Gasteiger partial charge in [-0.3, -0.25) is 20.2 Å². The number of hydrogen-bond donors (Lipinski definition) is 0. The molecule has 43 heavy (non-hydrogen) atoms. The number of rotatable bonds is 6. The molecular weight excluding hydrogens is 765 g/mol. The molecule has 0 heterocycles. The summed E-state index contributed by atoms with van der Waals surface area (Å²) in [6.45, 7) is 0. The summed E-state index contributed by atoms with van der Waals surface area (Å²) in [6.07, 6.45) is -9.50. The first kappa shape index (κ1) is 32.5. The van der Waals surface area contributed by atoms with Crippen LogP contribution in [-0.4, -0.2) is 9.85 Å². The largest absolute Gasteiger partial charge is 0.456 e. The molecule has 0 unspecified atom stereocenters. The maximum Gasteiger partial charge on any atom is 0.416 e. The summed E-state index contributed by atoms with van der Waals surface area (Å²) in [7, 11) is 0. The Morgan fingerprint density at radius 2 is 0.977 bits per heavy atom. The van der Waals surface area contributed by atoms with Gasteiger partial charge >= 0.3 is 12.4 Å². The van der Waals surface area contributed by atoms with Crippen molar-refractivity contribution in [2.45, 2.75) is 12.4 Å². The minimum absolute atomic E-state index is 0.115. The highest BCUT2D eigenvalue weighted by Crippen LogP contribution is 2.51. The Morgan fingerprint density at radius 1 is 0.628 bits per heavy atom. The molecule has 224 valence electrons. The highest BCUT2D eigenvalue weighted by molar-refractivity contribution is 9.11. The van der Waals surface area contributed by atoms with E-state index >= 15 is 0 Å². The summed E-state index contributed by atoms with van der Waals surface area (Å²) < 4.78 is 85.2. The number of nitro groups is 2. The zero-order valence-corrected chi connectivity index (χ0v) is 25.2. The van der Waals surface area contributed by atoms with Crippen LogP contribution < -0.4 is 4.74 Å². The number of halogens is 10. The lowest BCUT2D eigenvalue weighted by atomic mass is 10.0. The number of benzene rings is 4. The van der Waals surface area contributed by atoms with Gasteiger partial charge in [-0.25, -0.2) is 0 Å².